The number of hydrogen-bond donors (Lipinski definition) is 1. The highest BCUT2D eigenvalue weighted by atomic mass is 19.1. The van der Waals surface area contributed by atoms with Crippen LogP contribution in [0, 0.1) is 12.7 Å². The number of amides is 3. The first kappa shape index (κ1) is 24.7. The number of ether oxygens (including phenoxy) is 1. The highest BCUT2D eigenvalue weighted by Gasteiger charge is 2.34. The Morgan fingerprint density at radius 3 is 2.73 bits per heavy atom. The fourth-order valence-corrected chi connectivity index (χ4v) is 4.83. The summed E-state index contributed by atoms with van der Waals surface area (Å²) >= 11 is 0. The van der Waals surface area contributed by atoms with E-state index >= 15 is 0 Å². The Bertz CT molecular complexity index is 1370. The van der Waals surface area contributed by atoms with E-state index in [0.717, 1.165) is 11.3 Å². The maximum Gasteiger partial charge on any atom is 0.410 e. The molecule has 11 nitrogen and oxygen atoms in total. The molecule has 5 rings (SSSR count). The van der Waals surface area contributed by atoms with Crippen LogP contribution >= 0.6 is 0 Å². The number of nitrogens with one attached hydrogen (secondary N) is 1. The van der Waals surface area contributed by atoms with Crippen LogP contribution in [0.2, 0.25) is 0 Å². The molecule has 5 heterocycles. The van der Waals surface area contributed by atoms with E-state index in [1.807, 2.05) is 33.8 Å². The zero-order chi connectivity index (χ0) is 26.5. The standard InChI is InChI=1S/C25H31FN8O3/c1-15-13-31(10-11-32(15)24(36)37-25(3,4)5)20-6-8-27-22-17(20)7-9-33(22)23(35)29-19-14-34-21(12-18(19)26)28-16(2)30-34/h6,8,12,14-15H,7,9-11,13H2,1-5H3,(H,29,35)/t15-/m0/s1. The maximum atomic E-state index is 14.6. The lowest BCUT2D eigenvalue weighted by Crippen LogP contribution is -2.55. The number of pyridine rings is 2. The molecule has 12 heteroatoms. The third-order valence-corrected chi connectivity index (χ3v) is 6.46. The number of carbonyl (C=O) groups excluding carboxylic acids is 2. The van der Waals surface area contributed by atoms with Crippen LogP contribution in [-0.2, 0) is 11.2 Å². The predicted octanol–water partition coefficient (Wildman–Crippen LogP) is 3.61. The average Bonchev–Trinajstić information content (AvgIpc) is 3.40. The predicted molar refractivity (Wildman–Crippen MR) is 137 cm³/mol. The largest absolute Gasteiger partial charge is 0.444 e. The molecule has 0 saturated carbocycles. The first-order valence-corrected chi connectivity index (χ1v) is 12.3. The summed E-state index contributed by atoms with van der Waals surface area (Å²) in [5.74, 6) is 0.468. The Balaban J connectivity index is 1.31. The molecule has 0 radical (unpaired) electrons. The monoisotopic (exact) mass is 510 g/mol. The molecule has 1 N–H and O–H groups in total. The van der Waals surface area contributed by atoms with Gasteiger partial charge in [0.05, 0.1) is 11.9 Å². The summed E-state index contributed by atoms with van der Waals surface area (Å²) in [5.41, 5.74) is 1.78. The Labute approximate surface area is 214 Å². The van der Waals surface area contributed by atoms with Crippen LogP contribution in [0.15, 0.2) is 24.5 Å². The summed E-state index contributed by atoms with van der Waals surface area (Å²) in [5, 5.41) is 6.83. The Morgan fingerprint density at radius 2 is 2.00 bits per heavy atom. The number of carbonyl (C=O) groups is 2. The van der Waals surface area contributed by atoms with Crippen molar-refractivity contribution in [2.24, 2.45) is 0 Å². The molecule has 3 amide bonds. The van der Waals surface area contributed by atoms with E-state index in [0.29, 0.717) is 49.9 Å². The molecule has 3 aromatic heterocycles. The van der Waals surface area contributed by atoms with Gasteiger partial charge in [-0.05, 0) is 47.1 Å². The van der Waals surface area contributed by atoms with Crippen LogP contribution < -0.4 is 15.1 Å². The van der Waals surface area contributed by atoms with Crippen molar-refractivity contribution in [3.05, 3.63) is 41.7 Å². The summed E-state index contributed by atoms with van der Waals surface area (Å²) in [6, 6.07) is 2.66. The smallest absolute Gasteiger partial charge is 0.410 e. The van der Waals surface area contributed by atoms with Crippen LogP contribution in [0.4, 0.5) is 31.2 Å². The first-order chi connectivity index (χ1) is 17.5. The zero-order valence-corrected chi connectivity index (χ0v) is 21.7. The van der Waals surface area contributed by atoms with Gasteiger partial charge in [-0.2, -0.15) is 5.10 Å². The van der Waals surface area contributed by atoms with Gasteiger partial charge in [-0.3, -0.25) is 4.90 Å². The number of urea groups is 1. The summed E-state index contributed by atoms with van der Waals surface area (Å²) in [4.78, 5) is 39.8. The molecule has 0 spiro atoms. The van der Waals surface area contributed by atoms with Gasteiger partial charge in [0.1, 0.15) is 17.2 Å². The quantitative estimate of drug-likeness (QED) is 0.561. The van der Waals surface area contributed by atoms with Crippen LogP contribution in [0.5, 0.6) is 0 Å². The molecule has 3 aromatic rings. The van der Waals surface area contributed by atoms with E-state index in [1.54, 1.807) is 18.0 Å². The van der Waals surface area contributed by atoms with Crippen molar-refractivity contribution >= 4 is 35.0 Å². The van der Waals surface area contributed by atoms with Crippen molar-refractivity contribution in [1.29, 1.82) is 0 Å². The molecule has 2 aliphatic rings. The van der Waals surface area contributed by atoms with Gasteiger partial charge in [0.15, 0.2) is 11.5 Å². The van der Waals surface area contributed by atoms with E-state index in [-0.39, 0.29) is 17.8 Å². The van der Waals surface area contributed by atoms with E-state index in [9.17, 15) is 14.0 Å². The van der Waals surface area contributed by atoms with E-state index in [1.165, 1.54) is 21.7 Å². The summed E-state index contributed by atoms with van der Waals surface area (Å²) in [6.45, 7) is 11.5. The van der Waals surface area contributed by atoms with Gasteiger partial charge < -0.3 is 19.9 Å². The molecular formula is C25H31FN8O3. The van der Waals surface area contributed by atoms with Gasteiger partial charge in [0.25, 0.3) is 0 Å². The SMILES string of the molecule is Cc1nc2cc(F)c(NC(=O)N3CCc4c(N5CCN(C(=O)OC(C)(C)C)[C@@H](C)C5)ccnc43)cn2n1. The van der Waals surface area contributed by atoms with Crippen molar-refractivity contribution in [2.75, 3.05) is 41.3 Å². The second-order valence-corrected chi connectivity index (χ2v) is 10.4. The second-order valence-electron chi connectivity index (χ2n) is 10.4. The number of piperazine rings is 1. The number of halogens is 1. The second kappa shape index (κ2) is 9.16. The fourth-order valence-electron chi connectivity index (χ4n) is 4.83. The molecule has 1 saturated heterocycles. The zero-order valence-electron chi connectivity index (χ0n) is 21.7. The summed E-state index contributed by atoms with van der Waals surface area (Å²) < 4.78 is 21.6. The minimum absolute atomic E-state index is 0.0131. The van der Waals surface area contributed by atoms with Crippen LogP contribution in [0.3, 0.4) is 0 Å². The summed E-state index contributed by atoms with van der Waals surface area (Å²) in [7, 11) is 0. The number of rotatable bonds is 2. The number of aromatic nitrogens is 4. The molecule has 0 unspecified atom stereocenters. The maximum absolute atomic E-state index is 14.6. The Morgan fingerprint density at radius 1 is 1.22 bits per heavy atom. The lowest BCUT2D eigenvalue weighted by Gasteiger charge is -2.41. The number of anilines is 3. The topological polar surface area (TPSA) is 108 Å². The highest BCUT2D eigenvalue weighted by Crippen LogP contribution is 2.35. The molecule has 2 aliphatic heterocycles. The van der Waals surface area contributed by atoms with E-state index < -0.39 is 17.4 Å². The molecule has 0 aromatic carbocycles. The Kier molecular flexibility index (Phi) is 6.12. The molecule has 1 fully saturated rings. The number of nitrogens with zero attached hydrogens (tertiary/aromatic N) is 7. The van der Waals surface area contributed by atoms with Gasteiger partial charge in [0.2, 0.25) is 0 Å². The fraction of sp³-hybridized carbons (Fsp3) is 0.480. The lowest BCUT2D eigenvalue weighted by atomic mass is 10.1. The van der Waals surface area contributed by atoms with Crippen molar-refractivity contribution in [3.8, 4) is 0 Å². The number of hydrogen-bond acceptors (Lipinski definition) is 7. The van der Waals surface area contributed by atoms with Gasteiger partial charge >= 0.3 is 12.1 Å². The first-order valence-electron chi connectivity index (χ1n) is 12.3. The lowest BCUT2D eigenvalue weighted by molar-refractivity contribution is 0.0159. The van der Waals surface area contributed by atoms with Crippen molar-refractivity contribution in [3.63, 3.8) is 0 Å². The van der Waals surface area contributed by atoms with Gasteiger partial charge in [-0.1, -0.05) is 0 Å². The van der Waals surface area contributed by atoms with Gasteiger partial charge in [0, 0.05) is 55.7 Å². The van der Waals surface area contributed by atoms with Crippen LogP contribution in [-0.4, -0.2) is 74.4 Å². The van der Waals surface area contributed by atoms with Crippen LogP contribution in [0.25, 0.3) is 5.65 Å². The minimum atomic E-state index is -0.591. The molecular weight excluding hydrogens is 479 g/mol. The third-order valence-electron chi connectivity index (χ3n) is 6.46. The van der Waals surface area contributed by atoms with Crippen molar-refractivity contribution in [1.82, 2.24) is 24.5 Å². The number of fused-ring (bicyclic) bond motifs is 2. The highest BCUT2D eigenvalue weighted by molar-refractivity contribution is 6.03. The molecule has 0 bridgehead atoms. The van der Waals surface area contributed by atoms with E-state index in [4.69, 9.17) is 4.74 Å². The van der Waals surface area contributed by atoms with Gasteiger partial charge in [-0.25, -0.2) is 28.5 Å². The average molecular weight is 511 g/mol. The third kappa shape index (κ3) is 4.87. The summed E-state index contributed by atoms with van der Waals surface area (Å²) in [6.07, 6.45) is 3.40. The number of aryl methyl sites for hydroxylation is 1. The minimum Gasteiger partial charge on any atom is -0.444 e. The van der Waals surface area contributed by atoms with Crippen molar-refractivity contribution in [2.45, 2.75) is 52.7 Å². The van der Waals surface area contributed by atoms with E-state index in [2.05, 4.69) is 25.3 Å². The molecule has 1 atom stereocenters. The molecule has 0 aliphatic carbocycles. The molecule has 196 valence electrons. The molecule has 37 heavy (non-hydrogen) atoms. The Hall–Kier alpha value is -3.96. The van der Waals surface area contributed by atoms with Crippen molar-refractivity contribution < 1.29 is 18.7 Å². The van der Waals surface area contributed by atoms with Gasteiger partial charge in [-0.15, -0.1) is 0 Å². The van der Waals surface area contributed by atoms with Crippen LogP contribution in [0.1, 0.15) is 39.1 Å². The normalized spacial score (nSPS) is 17.8.